The van der Waals surface area contributed by atoms with Gasteiger partial charge in [-0.15, -0.1) is 0 Å². The quantitative estimate of drug-likeness (QED) is 0.681. The number of rotatable bonds is 3. The molecule has 1 saturated heterocycles. The molecule has 0 spiro atoms. The fourth-order valence-electron chi connectivity index (χ4n) is 3.63. The Labute approximate surface area is 131 Å². The number of nitriles is 1. The van der Waals surface area contributed by atoms with E-state index < -0.39 is 0 Å². The predicted molar refractivity (Wildman–Crippen MR) is 83.4 cm³/mol. The highest BCUT2D eigenvalue weighted by atomic mass is 16.2. The highest BCUT2D eigenvalue weighted by molar-refractivity contribution is 5.79. The van der Waals surface area contributed by atoms with Crippen LogP contribution in [-0.4, -0.2) is 34.9 Å². The molecule has 22 heavy (non-hydrogen) atoms. The van der Waals surface area contributed by atoms with Gasteiger partial charge in [-0.05, 0) is 43.2 Å². The van der Waals surface area contributed by atoms with Gasteiger partial charge in [0.15, 0.2) is 0 Å². The summed E-state index contributed by atoms with van der Waals surface area (Å²) in [5, 5.41) is 10.8. The maximum atomic E-state index is 12.4. The zero-order valence-corrected chi connectivity index (χ0v) is 12.7. The lowest BCUT2D eigenvalue weighted by atomic mass is 9.87. The highest BCUT2D eigenvalue weighted by Crippen LogP contribution is 2.32. The van der Waals surface area contributed by atoms with E-state index in [0.29, 0.717) is 6.54 Å². The minimum absolute atomic E-state index is 0.0328. The number of fused-ring (bicyclic) bond motifs is 1. The van der Waals surface area contributed by atoms with E-state index in [-0.39, 0.29) is 24.5 Å². The molecule has 1 heterocycles. The summed E-state index contributed by atoms with van der Waals surface area (Å²) in [7, 11) is 0. The van der Waals surface area contributed by atoms with Gasteiger partial charge in [0.05, 0.1) is 12.6 Å². The first-order valence-corrected chi connectivity index (χ1v) is 7.99. The second-order valence-corrected chi connectivity index (χ2v) is 6.15. The first-order valence-electron chi connectivity index (χ1n) is 7.99. The first kappa shape index (κ1) is 15.0. The van der Waals surface area contributed by atoms with Crippen LogP contribution in [0.15, 0.2) is 24.3 Å². The van der Waals surface area contributed by atoms with E-state index in [1.165, 1.54) is 11.1 Å². The third kappa shape index (κ3) is 2.85. The lowest BCUT2D eigenvalue weighted by molar-refractivity contribution is -0.133. The Morgan fingerprint density at radius 1 is 1.36 bits per heavy atom. The van der Waals surface area contributed by atoms with Gasteiger partial charge >= 0.3 is 0 Å². The van der Waals surface area contributed by atoms with Crippen molar-refractivity contribution in [1.82, 2.24) is 9.91 Å². The van der Waals surface area contributed by atoms with Gasteiger partial charge in [-0.3, -0.25) is 10.6 Å². The van der Waals surface area contributed by atoms with Gasteiger partial charge in [0.25, 0.3) is 0 Å². The zero-order valence-electron chi connectivity index (χ0n) is 12.7. The fraction of sp³-hybridized carbons (Fsp3) is 0.529. The summed E-state index contributed by atoms with van der Waals surface area (Å²) in [6.45, 7) is 0.851. The topological polar surface area (TPSA) is 73.4 Å². The Balaban J connectivity index is 1.69. The van der Waals surface area contributed by atoms with Gasteiger partial charge in [-0.2, -0.15) is 5.26 Å². The highest BCUT2D eigenvalue weighted by Gasteiger charge is 2.31. The van der Waals surface area contributed by atoms with Crippen LogP contribution in [0.3, 0.4) is 0 Å². The van der Waals surface area contributed by atoms with Crippen LogP contribution in [0, 0.1) is 11.3 Å². The zero-order chi connectivity index (χ0) is 15.5. The van der Waals surface area contributed by atoms with Gasteiger partial charge in [-0.1, -0.05) is 24.3 Å². The summed E-state index contributed by atoms with van der Waals surface area (Å²) in [4.78, 5) is 14.1. The minimum atomic E-state index is -0.278. The molecular formula is C17H22N4O. The maximum Gasteiger partial charge on any atom is 0.239 e. The van der Waals surface area contributed by atoms with Crippen molar-refractivity contribution >= 4 is 5.91 Å². The molecule has 2 N–H and O–H groups in total. The summed E-state index contributed by atoms with van der Waals surface area (Å²) < 4.78 is 0. The van der Waals surface area contributed by atoms with E-state index in [1.54, 1.807) is 9.91 Å². The Bertz CT molecular complexity index is 595. The number of hydrogen-bond acceptors (Lipinski definition) is 4. The molecule has 0 bridgehead atoms. The van der Waals surface area contributed by atoms with Crippen LogP contribution < -0.4 is 5.84 Å². The van der Waals surface area contributed by atoms with E-state index in [0.717, 1.165) is 32.1 Å². The standard InChI is InChI=1S/C17H22N4O/c18-11-14-7-4-10-20(14)17(22)12-21(19)16-9-3-6-13-5-1-2-8-15(13)16/h1-2,5,8,14,16H,3-4,6-7,9-10,12,19H2. The molecule has 2 unspecified atom stereocenters. The molecule has 2 aliphatic rings. The molecule has 2 atom stereocenters. The average Bonchev–Trinajstić information content (AvgIpc) is 3.03. The van der Waals surface area contributed by atoms with Crippen LogP contribution in [-0.2, 0) is 11.2 Å². The smallest absolute Gasteiger partial charge is 0.239 e. The number of likely N-dealkylation sites (tertiary alicyclic amines) is 1. The van der Waals surface area contributed by atoms with E-state index in [2.05, 4.69) is 24.3 Å². The number of amides is 1. The number of aryl methyl sites for hydroxylation is 1. The van der Waals surface area contributed by atoms with Crippen molar-refractivity contribution < 1.29 is 4.79 Å². The lowest BCUT2D eigenvalue weighted by Gasteiger charge is -2.33. The molecule has 0 saturated carbocycles. The number of benzene rings is 1. The van der Waals surface area contributed by atoms with Crippen molar-refractivity contribution in [1.29, 1.82) is 5.26 Å². The van der Waals surface area contributed by atoms with Crippen molar-refractivity contribution in [3.05, 3.63) is 35.4 Å². The Kier molecular flexibility index (Phi) is 4.41. The van der Waals surface area contributed by atoms with Crippen molar-refractivity contribution in [2.24, 2.45) is 5.84 Å². The molecule has 3 rings (SSSR count). The summed E-state index contributed by atoms with van der Waals surface area (Å²) in [5.41, 5.74) is 2.57. The molecule has 1 aliphatic carbocycles. The molecule has 1 fully saturated rings. The second-order valence-electron chi connectivity index (χ2n) is 6.15. The first-order chi connectivity index (χ1) is 10.7. The summed E-state index contributed by atoms with van der Waals surface area (Å²) in [6.07, 6.45) is 4.83. The van der Waals surface area contributed by atoms with Crippen molar-refractivity contribution in [3.63, 3.8) is 0 Å². The third-order valence-corrected chi connectivity index (χ3v) is 4.78. The van der Waals surface area contributed by atoms with Crippen LogP contribution in [0.4, 0.5) is 0 Å². The number of hydrogen-bond donors (Lipinski definition) is 1. The van der Waals surface area contributed by atoms with Crippen LogP contribution in [0.1, 0.15) is 42.9 Å². The average molecular weight is 298 g/mol. The molecule has 1 aliphatic heterocycles. The molecule has 1 aromatic carbocycles. The van der Waals surface area contributed by atoms with Gasteiger partial charge in [0.1, 0.15) is 6.04 Å². The molecule has 5 nitrogen and oxygen atoms in total. The van der Waals surface area contributed by atoms with E-state index in [1.807, 2.05) is 6.07 Å². The lowest BCUT2D eigenvalue weighted by Crippen LogP contribution is -2.46. The van der Waals surface area contributed by atoms with Gasteiger partial charge in [0.2, 0.25) is 5.91 Å². The van der Waals surface area contributed by atoms with Crippen LogP contribution >= 0.6 is 0 Å². The normalized spacial score (nSPS) is 24.1. The molecule has 116 valence electrons. The summed E-state index contributed by atoms with van der Waals surface area (Å²) in [6, 6.07) is 10.4. The summed E-state index contributed by atoms with van der Waals surface area (Å²) >= 11 is 0. The van der Waals surface area contributed by atoms with Crippen LogP contribution in [0.5, 0.6) is 0 Å². The Hall–Kier alpha value is -1.90. The molecule has 1 amide bonds. The second kappa shape index (κ2) is 6.47. The monoisotopic (exact) mass is 298 g/mol. The number of carbonyl (C=O) groups excluding carboxylic acids is 1. The van der Waals surface area contributed by atoms with Crippen LogP contribution in [0.25, 0.3) is 0 Å². The van der Waals surface area contributed by atoms with E-state index >= 15 is 0 Å². The number of hydrazine groups is 1. The predicted octanol–water partition coefficient (Wildman–Crippen LogP) is 1.75. The van der Waals surface area contributed by atoms with Crippen molar-refractivity contribution in [3.8, 4) is 6.07 Å². The number of nitrogens with two attached hydrogens (primary N) is 1. The van der Waals surface area contributed by atoms with Gasteiger partial charge in [-0.25, -0.2) is 5.01 Å². The van der Waals surface area contributed by atoms with Crippen molar-refractivity contribution in [2.75, 3.05) is 13.1 Å². The SMILES string of the molecule is N#CC1CCCN1C(=O)CN(N)C1CCCc2ccccc21. The van der Waals surface area contributed by atoms with Gasteiger partial charge < -0.3 is 4.90 Å². The molecule has 1 aromatic rings. The number of carbonyl (C=O) groups is 1. The van der Waals surface area contributed by atoms with Crippen LogP contribution in [0.2, 0.25) is 0 Å². The Morgan fingerprint density at radius 3 is 3.00 bits per heavy atom. The maximum absolute atomic E-state index is 12.4. The van der Waals surface area contributed by atoms with E-state index in [9.17, 15) is 4.79 Å². The molecule has 0 radical (unpaired) electrons. The molecular weight excluding hydrogens is 276 g/mol. The Morgan fingerprint density at radius 2 is 2.18 bits per heavy atom. The fourth-order valence-corrected chi connectivity index (χ4v) is 3.63. The van der Waals surface area contributed by atoms with Crippen molar-refractivity contribution in [2.45, 2.75) is 44.2 Å². The summed E-state index contributed by atoms with van der Waals surface area (Å²) in [5.74, 6) is 6.19. The van der Waals surface area contributed by atoms with Gasteiger partial charge in [0, 0.05) is 12.6 Å². The third-order valence-electron chi connectivity index (χ3n) is 4.78. The minimum Gasteiger partial charge on any atom is -0.325 e. The molecule has 0 aromatic heterocycles. The molecule has 5 heteroatoms. The number of nitrogens with zero attached hydrogens (tertiary/aromatic N) is 3. The largest absolute Gasteiger partial charge is 0.325 e. The van der Waals surface area contributed by atoms with E-state index in [4.69, 9.17) is 11.1 Å².